The van der Waals surface area contributed by atoms with Crippen LogP contribution in [0.2, 0.25) is 0 Å². The average molecular weight is 303 g/mol. The number of aromatic amines is 2. The summed E-state index contributed by atoms with van der Waals surface area (Å²) in [5.74, 6) is -1.61. The van der Waals surface area contributed by atoms with E-state index in [0.29, 0.717) is 21.7 Å². The Hall–Kier alpha value is -2.45. The van der Waals surface area contributed by atoms with Gasteiger partial charge in [-0.25, -0.2) is 4.79 Å². The monoisotopic (exact) mass is 303 g/mol. The number of carbonyl (C=O) groups is 1. The highest BCUT2D eigenvalue weighted by Gasteiger charge is 2.41. The summed E-state index contributed by atoms with van der Waals surface area (Å²) in [5, 5.41) is 0. The minimum absolute atomic E-state index is 0.134. The van der Waals surface area contributed by atoms with Crippen LogP contribution in [0.5, 0.6) is 5.75 Å². The summed E-state index contributed by atoms with van der Waals surface area (Å²) < 4.78 is 41.9. The van der Waals surface area contributed by atoms with Crippen LogP contribution in [0, 0.1) is 0 Å². The second-order valence-electron chi connectivity index (χ2n) is 4.33. The molecule has 0 spiro atoms. The number of para-hydroxylation sites is 1. The molecule has 6 nitrogen and oxygen atoms in total. The Morgan fingerprint density at radius 2 is 2.05 bits per heavy atom. The summed E-state index contributed by atoms with van der Waals surface area (Å²) in [6.07, 6.45) is -4.90. The van der Waals surface area contributed by atoms with E-state index >= 15 is 0 Å². The number of ether oxygens (including phenoxy) is 1. The van der Waals surface area contributed by atoms with E-state index in [1.807, 2.05) is 0 Å². The second kappa shape index (κ2) is 5.51. The zero-order valence-corrected chi connectivity index (χ0v) is 11.0. The van der Waals surface area contributed by atoms with Crippen molar-refractivity contribution in [3.05, 3.63) is 28.7 Å². The first kappa shape index (κ1) is 14.9. The van der Waals surface area contributed by atoms with Crippen LogP contribution in [0.15, 0.2) is 23.0 Å². The van der Waals surface area contributed by atoms with Gasteiger partial charge in [-0.1, -0.05) is 6.07 Å². The van der Waals surface area contributed by atoms with E-state index in [-0.39, 0.29) is 13.2 Å². The van der Waals surface area contributed by atoms with Gasteiger partial charge in [0, 0.05) is 7.05 Å². The molecular formula is C12H12F3N3O3. The molecule has 2 aromatic rings. The lowest BCUT2D eigenvalue weighted by Gasteiger charge is -2.18. The number of aromatic nitrogens is 2. The summed E-state index contributed by atoms with van der Waals surface area (Å²) in [7, 11) is 1.04. The zero-order valence-electron chi connectivity index (χ0n) is 11.0. The van der Waals surface area contributed by atoms with Gasteiger partial charge in [-0.2, -0.15) is 13.2 Å². The maximum atomic E-state index is 12.2. The van der Waals surface area contributed by atoms with Crippen molar-refractivity contribution in [1.82, 2.24) is 14.9 Å². The minimum atomic E-state index is -4.90. The van der Waals surface area contributed by atoms with Crippen molar-refractivity contribution in [2.24, 2.45) is 0 Å². The fourth-order valence-corrected chi connectivity index (χ4v) is 1.76. The predicted molar refractivity (Wildman–Crippen MR) is 68.1 cm³/mol. The Morgan fingerprint density at radius 1 is 1.33 bits per heavy atom. The van der Waals surface area contributed by atoms with Crippen LogP contribution in [0.4, 0.5) is 13.2 Å². The van der Waals surface area contributed by atoms with Crippen LogP contribution in [0.3, 0.4) is 0 Å². The number of benzene rings is 1. The number of H-pyrrole nitrogens is 2. The molecule has 21 heavy (non-hydrogen) atoms. The molecule has 0 atom stereocenters. The summed E-state index contributed by atoms with van der Waals surface area (Å²) in [5.41, 5.74) is 0.537. The Bertz CT molecular complexity index is 705. The van der Waals surface area contributed by atoms with Crippen molar-refractivity contribution in [2.45, 2.75) is 6.18 Å². The number of amides is 1. The van der Waals surface area contributed by atoms with Crippen molar-refractivity contribution >= 4 is 16.9 Å². The van der Waals surface area contributed by atoms with Crippen molar-refractivity contribution < 1.29 is 22.7 Å². The largest absolute Gasteiger partial charge is 0.489 e. The lowest BCUT2D eigenvalue weighted by atomic mass is 10.3. The molecule has 1 aromatic heterocycles. The van der Waals surface area contributed by atoms with Crippen LogP contribution >= 0.6 is 0 Å². The summed E-state index contributed by atoms with van der Waals surface area (Å²) in [6.45, 7) is -0.367. The fourth-order valence-electron chi connectivity index (χ4n) is 1.76. The van der Waals surface area contributed by atoms with Crippen molar-refractivity contribution in [3.8, 4) is 5.75 Å². The first-order valence-corrected chi connectivity index (χ1v) is 5.95. The Morgan fingerprint density at radius 3 is 2.71 bits per heavy atom. The Labute approximate surface area is 116 Å². The fraction of sp³-hybridized carbons (Fsp3) is 0.333. The number of imidazole rings is 1. The Kier molecular flexibility index (Phi) is 3.92. The number of likely N-dealkylation sites (N-methyl/N-ethyl adjacent to an activating group) is 1. The third-order valence-corrected chi connectivity index (χ3v) is 2.79. The van der Waals surface area contributed by atoms with E-state index in [0.717, 1.165) is 7.05 Å². The van der Waals surface area contributed by atoms with Crippen LogP contribution in [-0.2, 0) is 4.79 Å². The van der Waals surface area contributed by atoms with Gasteiger partial charge < -0.3 is 19.6 Å². The standard InChI is InChI=1S/C12H12F3N3O3/c1-18(10(19)12(13,14)15)5-6-21-8-4-2-3-7-9(8)17-11(20)16-7/h2-4H,5-6H2,1H3,(H2,16,17,20). The number of halogens is 3. The number of rotatable bonds is 4. The maximum Gasteiger partial charge on any atom is 0.471 e. The highest BCUT2D eigenvalue weighted by atomic mass is 19.4. The van der Waals surface area contributed by atoms with E-state index in [9.17, 15) is 22.8 Å². The molecule has 0 fully saturated rings. The van der Waals surface area contributed by atoms with E-state index in [1.165, 1.54) is 0 Å². The van der Waals surface area contributed by atoms with Crippen LogP contribution in [-0.4, -0.2) is 47.2 Å². The molecule has 0 aliphatic carbocycles. The second-order valence-corrected chi connectivity index (χ2v) is 4.33. The molecule has 0 unspecified atom stereocenters. The Balaban J connectivity index is 2.00. The molecule has 1 amide bonds. The van der Waals surface area contributed by atoms with Crippen molar-refractivity contribution in [1.29, 1.82) is 0 Å². The number of hydrogen-bond donors (Lipinski definition) is 2. The number of nitrogens with zero attached hydrogens (tertiary/aromatic N) is 1. The summed E-state index contributed by atoms with van der Waals surface area (Å²) in [6, 6.07) is 4.85. The number of hydrogen-bond acceptors (Lipinski definition) is 3. The predicted octanol–water partition coefficient (Wildman–Crippen LogP) is 1.26. The van der Waals surface area contributed by atoms with E-state index < -0.39 is 17.8 Å². The maximum absolute atomic E-state index is 12.2. The highest BCUT2D eigenvalue weighted by molar-refractivity contribution is 5.82. The van der Waals surface area contributed by atoms with Gasteiger partial charge >= 0.3 is 17.8 Å². The first-order chi connectivity index (χ1) is 9.79. The lowest BCUT2D eigenvalue weighted by molar-refractivity contribution is -0.184. The van der Waals surface area contributed by atoms with E-state index in [2.05, 4.69) is 9.97 Å². The smallest absolute Gasteiger partial charge is 0.471 e. The average Bonchev–Trinajstić information content (AvgIpc) is 2.77. The molecule has 0 bridgehead atoms. The molecule has 114 valence electrons. The molecule has 1 aromatic carbocycles. The highest BCUT2D eigenvalue weighted by Crippen LogP contribution is 2.21. The normalized spacial score (nSPS) is 11.6. The number of carbonyl (C=O) groups excluding carboxylic acids is 1. The van der Waals surface area contributed by atoms with Crippen LogP contribution in [0.25, 0.3) is 11.0 Å². The van der Waals surface area contributed by atoms with E-state index in [4.69, 9.17) is 4.74 Å². The third kappa shape index (κ3) is 3.36. The molecule has 1 heterocycles. The molecule has 0 aliphatic heterocycles. The third-order valence-electron chi connectivity index (χ3n) is 2.79. The van der Waals surface area contributed by atoms with Crippen LogP contribution < -0.4 is 10.4 Å². The van der Waals surface area contributed by atoms with Crippen molar-refractivity contribution in [3.63, 3.8) is 0 Å². The molecule has 0 saturated carbocycles. The van der Waals surface area contributed by atoms with Crippen LogP contribution in [0.1, 0.15) is 0 Å². The lowest BCUT2D eigenvalue weighted by Crippen LogP contribution is -2.40. The molecule has 9 heteroatoms. The first-order valence-electron chi connectivity index (χ1n) is 5.95. The van der Waals surface area contributed by atoms with Gasteiger partial charge in [-0.15, -0.1) is 0 Å². The summed E-state index contributed by atoms with van der Waals surface area (Å²) >= 11 is 0. The van der Waals surface area contributed by atoms with Gasteiger partial charge in [0.05, 0.1) is 12.1 Å². The molecular weight excluding hydrogens is 291 g/mol. The van der Waals surface area contributed by atoms with Gasteiger partial charge in [0.1, 0.15) is 17.9 Å². The number of alkyl halides is 3. The quantitative estimate of drug-likeness (QED) is 0.892. The molecule has 0 aliphatic rings. The van der Waals surface area contributed by atoms with Crippen molar-refractivity contribution in [2.75, 3.05) is 20.2 Å². The number of fused-ring (bicyclic) bond motifs is 1. The van der Waals surface area contributed by atoms with Gasteiger partial charge in [0.2, 0.25) is 0 Å². The van der Waals surface area contributed by atoms with E-state index in [1.54, 1.807) is 18.2 Å². The van der Waals surface area contributed by atoms with Gasteiger partial charge in [0.15, 0.2) is 0 Å². The molecule has 0 saturated heterocycles. The molecule has 0 radical (unpaired) electrons. The zero-order chi connectivity index (χ0) is 15.6. The SMILES string of the molecule is CN(CCOc1cccc2[nH]c(=O)[nH]c12)C(=O)C(F)(F)F. The number of nitrogens with one attached hydrogen (secondary N) is 2. The summed E-state index contributed by atoms with van der Waals surface area (Å²) in [4.78, 5) is 27.7. The van der Waals surface area contributed by atoms with Gasteiger partial charge in [-0.3, -0.25) is 4.79 Å². The topological polar surface area (TPSA) is 78.2 Å². The van der Waals surface area contributed by atoms with Gasteiger partial charge in [-0.05, 0) is 12.1 Å². The molecule has 2 N–H and O–H groups in total. The van der Waals surface area contributed by atoms with Gasteiger partial charge in [0.25, 0.3) is 0 Å². The minimum Gasteiger partial charge on any atom is -0.489 e. The molecule has 2 rings (SSSR count).